The van der Waals surface area contributed by atoms with E-state index in [0.29, 0.717) is 0 Å². The third-order valence-corrected chi connectivity index (χ3v) is 10.0. The summed E-state index contributed by atoms with van der Waals surface area (Å²) in [5.41, 5.74) is 11.4. The number of fused-ring (bicyclic) bond motifs is 7. The topological polar surface area (TPSA) is 13.1 Å². The van der Waals surface area contributed by atoms with Crippen LogP contribution >= 0.6 is 0 Å². The second-order valence-electron chi connectivity index (χ2n) is 12.8. The SMILES string of the molecule is c1ccc(-c2cccc(-c3c4ccccc4c(-c4cc(-c5ccccc5)c5oc6ccc7ccccc7c6c5c4)c4ccccc34)c2)cc1. The number of rotatable bonds is 4. The number of hydrogen-bond donors (Lipinski definition) is 0. The van der Waals surface area contributed by atoms with E-state index in [9.17, 15) is 0 Å². The molecule has 0 bridgehead atoms. The molecule has 0 fully saturated rings. The van der Waals surface area contributed by atoms with Gasteiger partial charge in [-0.05, 0) is 95.5 Å². The van der Waals surface area contributed by atoms with Gasteiger partial charge in [0.15, 0.2) is 0 Å². The van der Waals surface area contributed by atoms with Gasteiger partial charge < -0.3 is 4.42 Å². The number of benzene rings is 9. The van der Waals surface area contributed by atoms with Crippen molar-refractivity contribution in [2.75, 3.05) is 0 Å². The molecule has 1 nitrogen and oxygen atoms in total. The van der Waals surface area contributed by atoms with Crippen molar-refractivity contribution in [3.05, 3.63) is 182 Å². The fourth-order valence-corrected chi connectivity index (χ4v) is 7.86. The van der Waals surface area contributed by atoms with Gasteiger partial charge in [-0.25, -0.2) is 0 Å². The van der Waals surface area contributed by atoms with Crippen molar-refractivity contribution in [1.82, 2.24) is 0 Å². The maximum absolute atomic E-state index is 6.74. The summed E-state index contributed by atoms with van der Waals surface area (Å²) < 4.78 is 6.74. The van der Waals surface area contributed by atoms with Crippen molar-refractivity contribution in [3.63, 3.8) is 0 Å². The first-order chi connectivity index (χ1) is 24.3. The van der Waals surface area contributed by atoms with E-state index < -0.39 is 0 Å². The van der Waals surface area contributed by atoms with Crippen LogP contribution < -0.4 is 0 Å². The van der Waals surface area contributed by atoms with Crippen LogP contribution in [0.15, 0.2) is 186 Å². The molecule has 1 heterocycles. The lowest BCUT2D eigenvalue weighted by molar-refractivity contribution is 0.670. The second-order valence-corrected chi connectivity index (χ2v) is 12.8. The highest BCUT2D eigenvalue weighted by molar-refractivity contribution is 6.25. The third kappa shape index (κ3) is 4.40. The standard InChI is InChI=1S/C48H30O/c1-3-14-31(15-4-1)34-19-13-20-35(28-34)45-38-22-9-11-24-40(38)46(41-25-12-10-23-39(41)45)36-29-42(32-16-5-2-6-17-32)48-43(30-36)47-37-21-8-7-18-33(37)26-27-44(47)49-48/h1-30H. The van der Waals surface area contributed by atoms with E-state index in [0.717, 1.165) is 33.1 Å². The molecule has 0 aliphatic heterocycles. The highest BCUT2D eigenvalue weighted by atomic mass is 16.3. The van der Waals surface area contributed by atoms with Gasteiger partial charge in [0.25, 0.3) is 0 Å². The van der Waals surface area contributed by atoms with Crippen LogP contribution in [0.3, 0.4) is 0 Å². The van der Waals surface area contributed by atoms with E-state index >= 15 is 0 Å². The Morgan fingerprint density at radius 1 is 0.306 bits per heavy atom. The summed E-state index contributed by atoms with van der Waals surface area (Å²) in [7, 11) is 0. The van der Waals surface area contributed by atoms with Crippen LogP contribution in [-0.2, 0) is 0 Å². The quantitative estimate of drug-likeness (QED) is 0.178. The first kappa shape index (κ1) is 27.7. The van der Waals surface area contributed by atoms with Gasteiger partial charge in [0.1, 0.15) is 11.2 Å². The Labute approximate surface area is 284 Å². The molecule has 228 valence electrons. The molecular weight excluding hydrogens is 593 g/mol. The van der Waals surface area contributed by atoms with E-state index in [1.165, 1.54) is 65.7 Å². The highest BCUT2D eigenvalue weighted by Crippen LogP contribution is 2.47. The van der Waals surface area contributed by atoms with Crippen LogP contribution in [0, 0.1) is 0 Å². The van der Waals surface area contributed by atoms with Crippen LogP contribution in [0.5, 0.6) is 0 Å². The van der Waals surface area contributed by atoms with Gasteiger partial charge in [0, 0.05) is 16.3 Å². The minimum atomic E-state index is 0.909. The molecule has 0 saturated heterocycles. The molecule has 0 saturated carbocycles. The van der Waals surface area contributed by atoms with Gasteiger partial charge in [0.05, 0.1) is 0 Å². The minimum absolute atomic E-state index is 0.909. The fourth-order valence-electron chi connectivity index (χ4n) is 7.86. The fraction of sp³-hybridized carbons (Fsp3) is 0. The number of furan rings is 1. The van der Waals surface area contributed by atoms with Crippen molar-refractivity contribution in [3.8, 4) is 44.5 Å². The largest absolute Gasteiger partial charge is 0.455 e. The summed E-state index contributed by atoms with van der Waals surface area (Å²) in [6.07, 6.45) is 0. The Morgan fingerprint density at radius 3 is 1.51 bits per heavy atom. The van der Waals surface area contributed by atoms with E-state index in [4.69, 9.17) is 4.42 Å². The van der Waals surface area contributed by atoms with Crippen LogP contribution in [0.1, 0.15) is 0 Å². The maximum atomic E-state index is 6.74. The first-order valence-electron chi connectivity index (χ1n) is 16.8. The van der Waals surface area contributed by atoms with Gasteiger partial charge in [-0.3, -0.25) is 0 Å². The molecule has 0 spiro atoms. The molecule has 1 heteroatoms. The van der Waals surface area contributed by atoms with Gasteiger partial charge >= 0.3 is 0 Å². The normalized spacial score (nSPS) is 11.7. The zero-order valence-electron chi connectivity index (χ0n) is 26.7. The molecule has 0 amide bonds. The van der Waals surface area contributed by atoms with E-state index in [-0.39, 0.29) is 0 Å². The van der Waals surface area contributed by atoms with Gasteiger partial charge in [-0.2, -0.15) is 0 Å². The smallest absolute Gasteiger partial charge is 0.143 e. The van der Waals surface area contributed by atoms with Gasteiger partial charge in [-0.15, -0.1) is 0 Å². The molecule has 0 atom stereocenters. The van der Waals surface area contributed by atoms with Crippen molar-refractivity contribution >= 4 is 54.3 Å². The van der Waals surface area contributed by atoms with Crippen LogP contribution in [0.4, 0.5) is 0 Å². The molecule has 0 N–H and O–H groups in total. The molecule has 10 aromatic rings. The lowest BCUT2D eigenvalue weighted by Gasteiger charge is -2.19. The molecule has 0 radical (unpaired) electrons. The molecule has 49 heavy (non-hydrogen) atoms. The Morgan fingerprint density at radius 2 is 0.837 bits per heavy atom. The Kier molecular flexibility index (Phi) is 6.25. The van der Waals surface area contributed by atoms with E-state index in [1.807, 2.05) is 0 Å². The lowest BCUT2D eigenvalue weighted by atomic mass is 9.84. The molecule has 0 unspecified atom stereocenters. The average molecular weight is 623 g/mol. The summed E-state index contributed by atoms with van der Waals surface area (Å²) in [6.45, 7) is 0. The van der Waals surface area contributed by atoms with Crippen LogP contribution in [-0.4, -0.2) is 0 Å². The molecular formula is C48H30O. The second kappa shape index (κ2) is 11.1. The number of hydrogen-bond acceptors (Lipinski definition) is 1. The summed E-state index contributed by atoms with van der Waals surface area (Å²) in [5.74, 6) is 0. The average Bonchev–Trinajstić information content (AvgIpc) is 3.56. The van der Waals surface area contributed by atoms with Gasteiger partial charge in [0.2, 0.25) is 0 Å². The summed E-state index contributed by atoms with van der Waals surface area (Å²) >= 11 is 0. The minimum Gasteiger partial charge on any atom is -0.455 e. The van der Waals surface area contributed by atoms with Gasteiger partial charge in [-0.1, -0.05) is 158 Å². The zero-order valence-corrected chi connectivity index (χ0v) is 26.7. The monoisotopic (exact) mass is 622 g/mol. The molecule has 10 rings (SSSR count). The molecule has 0 aliphatic rings. The first-order valence-corrected chi connectivity index (χ1v) is 16.8. The highest BCUT2D eigenvalue weighted by Gasteiger charge is 2.21. The summed E-state index contributed by atoms with van der Waals surface area (Å²) in [4.78, 5) is 0. The van der Waals surface area contributed by atoms with E-state index in [1.54, 1.807) is 0 Å². The van der Waals surface area contributed by atoms with Crippen LogP contribution in [0.25, 0.3) is 98.8 Å². The molecule has 9 aromatic carbocycles. The Hall–Kier alpha value is -6.44. The zero-order chi connectivity index (χ0) is 32.3. The summed E-state index contributed by atoms with van der Waals surface area (Å²) in [6, 6.07) is 65.7. The predicted molar refractivity (Wildman–Crippen MR) is 208 cm³/mol. The Bertz CT molecular complexity index is 2800. The van der Waals surface area contributed by atoms with Crippen molar-refractivity contribution < 1.29 is 4.42 Å². The Balaban J connectivity index is 1.32. The van der Waals surface area contributed by atoms with E-state index in [2.05, 4.69) is 182 Å². The van der Waals surface area contributed by atoms with Crippen molar-refractivity contribution in [1.29, 1.82) is 0 Å². The molecule has 0 aliphatic carbocycles. The van der Waals surface area contributed by atoms with Crippen molar-refractivity contribution in [2.24, 2.45) is 0 Å². The van der Waals surface area contributed by atoms with Crippen LogP contribution in [0.2, 0.25) is 0 Å². The third-order valence-electron chi connectivity index (χ3n) is 10.0. The lowest BCUT2D eigenvalue weighted by Crippen LogP contribution is -1.92. The predicted octanol–water partition coefficient (Wildman–Crippen LogP) is 13.7. The molecule has 1 aromatic heterocycles. The maximum Gasteiger partial charge on any atom is 0.143 e. The van der Waals surface area contributed by atoms with Crippen molar-refractivity contribution in [2.45, 2.75) is 0 Å². The summed E-state index contributed by atoms with van der Waals surface area (Å²) in [5, 5.41) is 9.66.